The van der Waals surface area contributed by atoms with E-state index in [0.29, 0.717) is 6.61 Å². The average molecular weight is 180 g/mol. The van der Waals surface area contributed by atoms with Gasteiger partial charge in [0.1, 0.15) is 5.76 Å². The van der Waals surface area contributed by atoms with Gasteiger partial charge in [0.2, 0.25) is 0 Å². The first-order valence-corrected chi connectivity index (χ1v) is 4.65. The lowest BCUT2D eigenvalue weighted by Crippen LogP contribution is -1.94. The summed E-state index contributed by atoms with van der Waals surface area (Å²) in [5, 5.41) is 0. The van der Waals surface area contributed by atoms with Crippen LogP contribution in [0.15, 0.2) is 23.3 Å². The van der Waals surface area contributed by atoms with Gasteiger partial charge in [-0.25, -0.2) is 0 Å². The molecule has 0 spiro atoms. The molecule has 1 aromatic rings. The molecular formula is C11H16O2. The lowest BCUT2D eigenvalue weighted by Gasteiger charge is -2.01. The highest BCUT2D eigenvalue weighted by Crippen LogP contribution is 2.12. The molecule has 1 heterocycles. The zero-order valence-corrected chi connectivity index (χ0v) is 8.08. The fourth-order valence-electron chi connectivity index (χ4n) is 1.07. The molecule has 1 rings (SSSR count). The Balaban J connectivity index is 2.31. The second kappa shape index (κ2) is 5.60. The van der Waals surface area contributed by atoms with Gasteiger partial charge in [0, 0.05) is 12.2 Å². The number of hydrogen-bond acceptors (Lipinski definition) is 2. The fourth-order valence-corrected chi connectivity index (χ4v) is 1.07. The van der Waals surface area contributed by atoms with Gasteiger partial charge in [0.15, 0.2) is 0 Å². The summed E-state index contributed by atoms with van der Waals surface area (Å²) in [5.74, 6) is 0.816. The Morgan fingerprint density at radius 3 is 3.15 bits per heavy atom. The molecule has 13 heavy (non-hydrogen) atoms. The first-order valence-electron chi connectivity index (χ1n) is 4.65. The number of furan rings is 1. The van der Waals surface area contributed by atoms with Crippen molar-refractivity contribution >= 4 is 6.08 Å². The van der Waals surface area contributed by atoms with Gasteiger partial charge in [-0.15, -0.1) is 0 Å². The van der Waals surface area contributed by atoms with Crippen LogP contribution in [0.2, 0.25) is 0 Å². The van der Waals surface area contributed by atoms with E-state index >= 15 is 0 Å². The molecule has 0 saturated heterocycles. The standard InChI is InChI=1S/C11H16O2/c1-3-5-7-12-9-10-6-8-13-11(10)4-2/h4,6,8H,2-3,5,7,9H2,1H3. The van der Waals surface area contributed by atoms with Crippen LogP contribution in [0.5, 0.6) is 0 Å². The Hall–Kier alpha value is -1.02. The predicted octanol–water partition coefficient (Wildman–Crippen LogP) is 3.24. The van der Waals surface area contributed by atoms with Crippen molar-refractivity contribution in [3.8, 4) is 0 Å². The quantitative estimate of drug-likeness (QED) is 0.627. The highest BCUT2D eigenvalue weighted by molar-refractivity contribution is 5.44. The van der Waals surface area contributed by atoms with Crippen LogP contribution in [0.3, 0.4) is 0 Å². The lowest BCUT2D eigenvalue weighted by molar-refractivity contribution is 0.117. The van der Waals surface area contributed by atoms with E-state index in [4.69, 9.17) is 9.15 Å². The van der Waals surface area contributed by atoms with Gasteiger partial charge in [-0.1, -0.05) is 19.9 Å². The Bertz CT molecular complexity index is 250. The summed E-state index contributed by atoms with van der Waals surface area (Å²) in [6.07, 6.45) is 5.65. The molecule has 0 aliphatic carbocycles. The first kappa shape index (κ1) is 10.1. The number of rotatable bonds is 6. The van der Waals surface area contributed by atoms with E-state index in [2.05, 4.69) is 13.5 Å². The zero-order chi connectivity index (χ0) is 9.52. The van der Waals surface area contributed by atoms with Crippen LogP contribution in [0.4, 0.5) is 0 Å². The molecule has 0 N–H and O–H groups in total. The van der Waals surface area contributed by atoms with Gasteiger partial charge in [0.05, 0.1) is 12.9 Å². The maximum Gasteiger partial charge on any atom is 0.131 e. The van der Waals surface area contributed by atoms with Crippen molar-refractivity contribution < 1.29 is 9.15 Å². The predicted molar refractivity (Wildman–Crippen MR) is 53.4 cm³/mol. The van der Waals surface area contributed by atoms with Crippen LogP contribution >= 0.6 is 0 Å². The summed E-state index contributed by atoms with van der Waals surface area (Å²) in [6, 6.07) is 1.92. The molecule has 2 nitrogen and oxygen atoms in total. The lowest BCUT2D eigenvalue weighted by atomic mass is 10.2. The molecule has 0 aliphatic heterocycles. The Kier molecular flexibility index (Phi) is 4.33. The van der Waals surface area contributed by atoms with Crippen molar-refractivity contribution in [2.24, 2.45) is 0 Å². The van der Waals surface area contributed by atoms with Gasteiger partial charge < -0.3 is 9.15 Å². The van der Waals surface area contributed by atoms with E-state index in [1.165, 1.54) is 6.42 Å². The highest BCUT2D eigenvalue weighted by atomic mass is 16.5. The van der Waals surface area contributed by atoms with Gasteiger partial charge in [0.25, 0.3) is 0 Å². The normalized spacial score (nSPS) is 10.2. The molecule has 0 saturated carbocycles. The van der Waals surface area contributed by atoms with Crippen molar-refractivity contribution in [2.75, 3.05) is 6.61 Å². The van der Waals surface area contributed by atoms with Gasteiger partial charge >= 0.3 is 0 Å². The fraction of sp³-hybridized carbons (Fsp3) is 0.455. The molecule has 72 valence electrons. The van der Waals surface area contributed by atoms with Gasteiger partial charge in [-0.05, 0) is 18.6 Å². The summed E-state index contributed by atoms with van der Waals surface area (Å²) in [7, 11) is 0. The molecular weight excluding hydrogens is 164 g/mol. The maximum atomic E-state index is 5.45. The Labute approximate surface area is 79.2 Å². The third-order valence-corrected chi connectivity index (χ3v) is 1.87. The van der Waals surface area contributed by atoms with Crippen LogP contribution in [0, 0.1) is 0 Å². The van der Waals surface area contributed by atoms with Crippen molar-refractivity contribution in [3.63, 3.8) is 0 Å². The third kappa shape index (κ3) is 3.07. The minimum absolute atomic E-state index is 0.623. The van der Waals surface area contributed by atoms with E-state index in [9.17, 15) is 0 Å². The summed E-state index contributed by atoms with van der Waals surface area (Å²) >= 11 is 0. The van der Waals surface area contributed by atoms with E-state index in [1.807, 2.05) is 6.07 Å². The SMILES string of the molecule is C=Cc1occc1COCCCC. The molecule has 0 amide bonds. The Morgan fingerprint density at radius 1 is 1.62 bits per heavy atom. The molecule has 0 unspecified atom stereocenters. The van der Waals surface area contributed by atoms with Crippen LogP contribution in [0.1, 0.15) is 31.1 Å². The largest absolute Gasteiger partial charge is 0.465 e. The second-order valence-electron chi connectivity index (χ2n) is 2.92. The van der Waals surface area contributed by atoms with Crippen molar-refractivity contribution in [1.82, 2.24) is 0 Å². The number of ether oxygens (including phenoxy) is 1. The highest BCUT2D eigenvalue weighted by Gasteiger charge is 2.01. The number of unbranched alkanes of at least 4 members (excludes halogenated alkanes) is 1. The Morgan fingerprint density at radius 2 is 2.46 bits per heavy atom. The van der Waals surface area contributed by atoms with Crippen LogP contribution in [-0.2, 0) is 11.3 Å². The first-order chi connectivity index (χ1) is 6.38. The average Bonchev–Trinajstić information content (AvgIpc) is 2.60. The molecule has 0 atom stereocenters. The molecule has 0 aromatic carbocycles. The van der Waals surface area contributed by atoms with Gasteiger partial charge in [-0.3, -0.25) is 0 Å². The molecule has 0 fully saturated rings. The van der Waals surface area contributed by atoms with Crippen LogP contribution < -0.4 is 0 Å². The van der Waals surface area contributed by atoms with Crippen LogP contribution in [0.25, 0.3) is 6.08 Å². The topological polar surface area (TPSA) is 22.4 Å². The molecule has 1 aromatic heterocycles. The van der Waals surface area contributed by atoms with Crippen LogP contribution in [-0.4, -0.2) is 6.61 Å². The minimum atomic E-state index is 0.623. The van der Waals surface area contributed by atoms with E-state index in [-0.39, 0.29) is 0 Å². The summed E-state index contributed by atoms with van der Waals surface area (Å²) in [6.45, 7) is 7.25. The molecule has 0 aliphatic rings. The van der Waals surface area contributed by atoms with E-state index in [1.54, 1.807) is 12.3 Å². The maximum absolute atomic E-state index is 5.45. The van der Waals surface area contributed by atoms with E-state index in [0.717, 1.165) is 24.4 Å². The zero-order valence-electron chi connectivity index (χ0n) is 8.08. The minimum Gasteiger partial charge on any atom is -0.465 e. The van der Waals surface area contributed by atoms with Crippen molar-refractivity contribution in [3.05, 3.63) is 30.2 Å². The van der Waals surface area contributed by atoms with Crippen molar-refractivity contribution in [2.45, 2.75) is 26.4 Å². The summed E-state index contributed by atoms with van der Waals surface area (Å²) < 4.78 is 10.6. The summed E-state index contributed by atoms with van der Waals surface area (Å²) in [5.41, 5.74) is 1.08. The molecule has 2 heteroatoms. The van der Waals surface area contributed by atoms with Gasteiger partial charge in [-0.2, -0.15) is 0 Å². The molecule has 0 bridgehead atoms. The number of hydrogen-bond donors (Lipinski definition) is 0. The second-order valence-corrected chi connectivity index (χ2v) is 2.92. The smallest absolute Gasteiger partial charge is 0.131 e. The van der Waals surface area contributed by atoms with E-state index < -0.39 is 0 Å². The third-order valence-electron chi connectivity index (χ3n) is 1.87. The van der Waals surface area contributed by atoms with Crippen molar-refractivity contribution in [1.29, 1.82) is 0 Å². The summed E-state index contributed by atoms with van der Waals surface area (Å²) in [4.78, 5) is 0. The monoisotopic (exact) mass is 180 g/mol. The molecule has 0 radical (unpaired) electrons.